The van der Waals surface area contributed by atoms with Crippen molar-refractivity contribution in [3.63, 3.8) is 0 Å². The summed E-state index contributed by atoms with van der Waals surface area (Å²) >= 11 is 0. The van der Waals surface area contributed by atoms with Gasteiger partial charge in [-0.25, -0.2) is 0 Å². The number of rotatable bonds is 4. The average Bonchev–Trinajstić information content (AvgIpc) is 3.45. The van der Waals surface area contributed by atoms with Crippen molar-refractivity contribution in [3.05, 3.63) is 192 Å². The predicted molar refractivity (Wildman–Crippen MR) is 196 cm³/mol. The average molecular weight is 691 g/mol. The Hall–Kier alpha value is -4.53. The molecular weight excluding hydrogens is 650 g/mol. The Bertz CT molecular complexity index is 1980. The van der Waals surface area contributed by atoms with Crippen LogP contribution in [-0.2, 0) is 31.7 Å². The summed E-state index contributed by atoms with van der Waals surface area (Å²) in [7, 11) is 0. The Morgan fingerprint density at radius 3 is 1.72 bits per heavy atom. The molecule has 1 aromatic heterocycles. The maximum absolute atomic E-state index is 5.23. The number of para-hydroxylation sites is 1. The first-order valence-corrected chi connectivity index (χ1v) is 15.6. The summed E-state index contributed by atoms with van der Waals surface area (Å²) in [5.41, 5.74) is 9.34. The van der Waals surface area contributed by atoms with Crippen molar-refractivity contribution in [2.24, 2.45) is 0 Å². The molecular formula is C43H41N3Zr-. The van der Waals surface area contributed by atoms with E-state index in [1.54, 1.807) is 0 Å². The summed E-state index contributed by atoms with van der Waals surface area (Å²) in [6, 6.07) is 48.4. The molecule has 0 saturated carbocycles. The summed E-state index contributed by atoms with van der Waals surface area (Å²) in [6.07, 6.45) is 0. The number of hydrogen-bond donors (Lipinski definition) is 0. The Labute approximate surface area is 299 Å². The fourth-order valence-electron chi connectivity index (χ4n) is 5.65. The van der Waals surface area contributed by atoms with Crippen LogP contribution in [0.25, 0.3) is 32.7 Å². The third-order valence-electron chi connectivity index (χ3n) is 7.79. The second-order valence-electron chi connectivity index (χ2n) is 12.1. The normalized spacial score (nSPS) is 10.7. The molecule has 0 aliphatic heterocycles. The van der Waals surface area contributed by atoms with E-state index >= 15 is 0 Å². The maximum Gasteiger partial charge on any atom is 3.00 e. The summed E-state index contributed by atoms with van der Waals surface area (Å²) in [5.74, 6) is 0. The zero-order valence-electron chi connectivity index (χ0n) is 28.0. The molecule has 0 aliphatic rings. The van der Waals surface area contributed by atoms with Crippen LogP contribution in [0.2, 0.25) is 0 Å². The molecule has 0 spiro atoms. The predicted octanol–water partition coefficient (Wildman–Crippen LogP) is 11.6. The zero-order valence-corrected chi connectivity index (χ0v) is 30.4. The smallest absolute Gasteiger partial charge is 0.674 e. The first-order valence-electron chi connectivity index (χ1n) is 15.6. The van der Waals surface area contributed by atoms with E-state index < -0.39 is 5.54 Å². The Balaban J connectivity index is 0.000000275. The van der Waals surface area contributed by atoms with Gasteiger partial charge in [-0.15, -0.1) is 46.8 Å². The van der Waals surface area contributed by atoms with Gasteiger partial charge in [0.25, 0.3) is 0 Å². The topological polar surface area (TPSA) is 31.9 Å². The Morgan fingerprint density at radius 2 is 1.17 bits per heavy atom. The minimum atomic E-state index is -0.500. The van der Waals surface area contributed by atoms with Crippen molar-refractivity contribution in [2.75, 3.05) is 0 Å². The number of benzene rings is 6. The van der Waals surface area contributed by atoms with Gasteiger partial charge in [0.1, 0.15) is 0 Å². The second kappa shape index (κ2) is 15.8. The van der Waals surface area contributed by atoms with Crippen LogP contribution in [0.1, 0.15) is 47.4 Å². The fraction of sp³-hybridized carbons (Fsp3) is 0.140. The van der Waals surface area contributed by atoms with Crippen LogP contribution in [0, 0.1) is 40.7 Å². The summed E-state index contributed by atoms with van der Waals surface area (Å²) in [5, 5.41) is 13.8. The molecule has 0 fully saturated rings. The van der Waals surface area contributed by atoms with Gasteiger partial charge in [0.05, 0.1) is 11.2 Å². The monoisotopic (exact) mass is 689 g/mol. The van der Waals surface area contributed by atoms with Crippen molar-refractivity contribution in [2.45, 2.75) is 40.2 Å². The van der Waals surface area contributed by atoms with Gasteiger partial charge in [0, 0.05) is 5.39 Å². The van der Waals surface area contributed by atoms with Crippen molar-refractivity contribution < 1.29 is 26.2 Å². The molecule has 0 atom stereocenters. The SMILES string of the molecule is Cc1cc(C)c([N-]C(C)(C)c2nn(-c3[c-]ccc4ccccc34)c3ccccc23)c(C)c1.[CH2-]c1ccccc1.[CH2-]c1ccccc1.[Zr+3]. The Morgan fingerprint density at radius 1 is 0.660 bits per heavy atom. The third-order valence-corrected chi connectivity index (χ3v) is 7.79. The van der Waals surface area contributed by atoms with Gasteiger partial charge in [-0.1, -0.05) is 96.7 Å². The van der Waals surface area contributed by atoms with Crippen molar-refractivity contribution in [1.82, 2.24) is 9.78 Å². The number of fused-ring (bicyclic) bond motifs is 2. The molecule has 0 amide bonds. The van der Waals surface area contributed by atoms with Crippen LogP contribution in [0.15, 0.2) is 133 Å². The first kappa shape index (κ1) is 35.3. The van der Waals surface area contributed by atoms with Crippen LogP contribution < -0.4 is 0 Å². The van der Waals surface area contributed by atoms with E-state index in [1.165, 1.54) is 22.1 Å². The van der Waals surface area contributed by atoms with E-state index in [0.29, 0.717) is 0 Å². The van der Waals surface area contributed by atoms with Crippen molar-refractivity contribution in [1.29, 1.82) is 0 Å². The standard InChI is InChI=1S/C29H27N3.2C7H7.Zr/c1-19-17-20(2)27(21(3)18-19)30-29(4,5)28-24-14-8-9-15-26(24)32(31-28)25-16-10-12-22-11-6-7-13-23(22)25;2*1-7-5-3-2-4-6-7;/h6-15,17-18H,1-5H3;2*2-6H,1H2;/q-2;2*-1;+3. The molecule has 0 unspecified atom stereocenters. The number of aryl methyl sites for hydroxylation is 3. The largest absolute Gasteiger partial charge is 3.00 e. The van der Waals surface area contributed by atoms with E-state index in [9.17, 15) is 0 Å². The van der Waals surface area contributed by atoms with Crippen LogP contribution in [-0.4, -0.2) is 9.78 Å². The van der Waals surface area contributed by atoms with Crippen LogP contribution in [0.5, 0.6) is 0 Å². The minimum Gasteiger partial charge on any atom is -0.674 e. The van der Waals surface area contributed by atoms with Gasteiger partial charge in [-0.2, -0.15) is 72.5 Å². The third kappa shape index (κ3) is 8.64. The minimum absolute atomic E-state index is 0. The van der Waals surface area contributed by atoms with E-state index in [4.69, 9.17) is 10.4 Å². The van der Waals surface area contributed by atoms with Gasteiger partial charge >= 0.3 is 26.2 Å². The molecule has 6 aromatic carbocycles. The van der Waals surface area contributed by atoms with Crippen molar-refractivity contribution in [3.8, 4) is 5.69 Å². The quantitative estimate of drug-likeness (QED) is 0.169. The summed E-state index contributed by atoms with van der Waals surface area (Å²) < 4.78 is 2.03. The van der Waals surface area contributed by atoms with Gasteiger partial charge in [0.15, 0.2) is 0 Å². The molecule has 0 bridgehead atoms. The fourth-order valence-corrected chi connectivity index (χ4v) is 5.65. The van der Waals surface area contributed by atoms with E-state index in [2.05, 4.69) is 121 Å². The van der Waals surface area contributed by atoms with Gasteiger partial charge in [-0.05, 0) is 32.5 Å². The first-order chi connectivity index (χ1) is 22.1. The summed E-state index contributed by atoms with van der Waals surface area (Å²) in [4.78, 5) is 0. The van der Waals surface area contributed by atoms with Crippen LogP contribution in [0.4, 0.5) is 5.69 Å². The molecule has 1 heterocycles. The molecule has 47 heavy (non-hydrogen) atoms. The molecule has 1 radical (unpaired) electrons. The second-order valence-corrected chi connectivity index (χ2v) is 12.1. The molecule has 0 N–H and O–H groups in total. The van der Waals surface area contributed by atoms with Crippen molar-refractivity contribution >= 4 is 27.4 Å². The molecule has 7 aromatic rings. The van der Waals surface area contributed by atoms with Gasteiger partial charge in [-0.3, -0.25) is 4.68 Å². The van der Waals surface area contributed by atoms with Gasteiger partial charge < -0.3 is 5.32 Å². The number of nitrogens with zero attached hydrogens (tertiary/aromatic N) is 3. The molecule has 0 aliphatic carbocycles. The van der Waals surface area contributed by atoms with Crippen LogP contribution >= 0.6 is 0 Å². The molecule has 0 saturated heterocycles. The molecule has 3 nitrogen and oxygen atoms in total. The number of aromatic nitrogens is 2. The van der Waals surface area contributed by atoms with Gasteiger partial charge in [0.2, 0.25) is 0 Å². The zero-order chi connectivity index (χ0) is 32.7. The molecule has 4 heteroatoms. The van der Waals surface area contributed by atoms with Crippen LogP contribution in [0.3, 0.4) is 0 Å². The molecule has 233 valence electrons. The van der Waals surface area contributed by atoms with E-state index in [1.807, 2.05) is 71.4 Å². The number of hydrogen-bond acceptors (Lipinski definition) is 1. The summed E-state index contributed by atoms with van der Waals surface area (Å²) in [6.45, 7) is 18.1. The maximum atomic E-state index is 5.23. The molecule has 7 rings (SSSR count). The van der Waals surface area contributed by atoms with E-state index in [-0.39, 0.29) is 26.2 Å². The van der Waals surface area contributed by atoms with E-state index in [0.717, 1.165) is 44.5 Å². The Kier molecular flexibility index (Phi) is 11.9.